The fraction of sp³-hybridized carbons (Fsp3) is 0.100. The van der Waals surface area contributed by atoms with Gasteiger partial charge in [-0.2, -0.15) is 0 Å². The summed E-state index contributed by atoms with van der Waals surface area (Å²) in [5.74, 6) is -0.689. The predicted molar refractivity (Wildman–Crippen MR) is 103 cm³/mol. The number of rotatable bonds is 3. The van der Waals surface area contributed by atoms with Crippen molar-refractivity contribution in [2.45, 2.75) is 13.8 Å². The van der Waals surface area contributed by atoms with E-state index in [1.165, 1.54) is 6.33 Å². The first kappa shape index (κ1) is 17.4. The Balaban J connectivity index is 1.92. The lowest BCUT2D eigenvalue weighted by Crippen LogP contribution is -2.00. The number of hydrogen-bond donors (Lipinski definition) is 1. The van der Waals surface area contributed by atoms with E-state index < -0.39 is 11.6 Å². The molecule has 4 nitrogen and oxygen atoms in total. The van der Waals surface area contributed by atoms with E-state index in [1.54, 1.807) is 6.07 Å². The molecule has 2 heterocycles. The van der Waals surface area contributed by atoms with Crippen LogP contribution in [0.1, 0.15) is 11.3 Å². The van der Waals surface area contributed by atoms with Gasteiger partial charge < -0.3 is 5.32 Å². The van der Waals surface area contributed by atoms with Gasteiger partial charge in [-0.3, -0.25) is 4.57 Å². The van der Waals surface area contributed by atoms with Crippen molar-refractivity contribution in [2.24, 2.45) is 0 Å². The highest BCUT2D eigenvalue weighted by Crippen LogP contribution is 2.33. The van der Waals surface area contributed by atoms with Gasteiger partial charge in [0.1, 0.15) is 23.8 Å². The first-order chi connectivity index (χ1) is 13.0. The zero-order chi connectivity index (χ0) is 19.1. The molecule has 0 aliphatic carbocycles. The number of benzene rings is 2. The summed E-state index contributed by atoms with van der Waals surface area (Å²) in [5, 5.41) is 4.24. The Hall–Kier alpha value is -2.99. The van der Waals surface area contributed by atoms with Crippen LogP contribution in [0.15, 0.2) is 48.8 Å². The summed E-state index contributed by atoms with van der Waals surface area (Å²) in [6.45, 7) is 3.90. The third-order valence-electron chi connectivity index (χ3n) is 4.54. The number of halogens is 3. The van der Waals surface area contributed by atoms with Crippen molar-refractivity contribution in [3.8, 4) is 5.69 Å². The second kappa shape index (κ2) is 6.63. The minimum atomic E-state index is -0.563. The lowest BCUT2D eigenvalue weighted by molar-refractivity contribution is 0.603. The van der Waals surface area contributed by atoms with Gasteiger partial charge in [-0.15, -0.1) is 0 Å². The molecule has 1 N–H and O–H groups in total. The monoisotopic (exact) mass is 384 g/mol. The molecule has 27 heavy (non-hydrogen) atoms. The quantitative estimate of drug-likeness (QED) is 0.491. The molecular weight excluding hydrogens is 370 g/mol. The maximum absolute atomic E-state index is 14.1. The van der Waals surface area contributed by atoms with Crippen LogP contribution in [0.2, 0.25) is 5.02 Å². The molecule has 0 bridgehead atoms. The van der Waals surface area contributed by atoms with Crippen molar-refractivity contribution in [3.63, 3.8) is 0 Å². The summed E-state index contributed by atoms with van der Waals surface area (Å²) in [4.78, 5) is 8.66. The molecule has 0 aliphatic rings. The Labute approximate surface area is 159 Å². The summed E-state index contributed by atoms with van der Waals surface area (Å²) >= 11 is 6.14. The second-order valence-corrected chi connectivity index (χ2v) is 6.63. The number of fused-ring (bicyclic) bond motifs is 1. The van der Waals surface area contributed by atoms with Crippen LogP contribution in [-0.4, -0.2) is 14.5 Å². The van der Waals surface area contributed by atoms with E-state index in [0.717, 1.165) is 40.5 Å². The van der Waals surface area contributed by atoms with Crippen LogP contribution in [0, 0.1) is 25.5 Å². The van der Waals surface area contributed by atoms with Crippen molar-refractivity contribution in [1.29, 1.82) is 0 Å². The molecule has 0 amide bonds. The van der Waals surface area contributed by atoms with Crippen molar-refractivity contribution in [2.75, 3.05) is 5.32 Å². The molecule has 0 unspecified atom stereocenters. The molecule has 4 rings (SSSR count). The van der Waals surface area contributed by atoms with E-state index >= 15 is 0 Å². The number of aryl methyl sites for hydroxylation is 1. The Morgan fingerprint density at radius 2 is 1.85 bits per heavy atom. The van der Waals surface area contributed by atoms with Crippen molar-refractivity contribution in [1.82, 2.24) is 14.5 Å². The number of aromatic nitrogens is 3. The van der Waals surface area contributed by atoms with Gasteiger partial charge in [0.15, 0.2) is 5.65 Å². The van der Waals surface area contributed by atoms with Crippen molar-refractivity contribution >= 4 is 34.1 Å². The normalized spacial score (nSPS) is 11.1. The first-order valence-corrected chi connectivity index (χ1v) is 8.64. The molecule has 0 atom stereocenters. The standard InChI is InChI=1S/C20H15ClF2N4/c1-11-12(2)27(15-5-3-4-13(21)8-15)20-18(11)19(24-10-25-20)26-17-9-14(22)6-7-16(17)23/h3-10H,1-2H3,(H,24,25,26). The molecule has 136 valence electrons. The van der Waals surface area contributed by atoms with Crippen LogP contribution < -0.4 is 5.32 Å². The summed E-state index contributed by atoms with van der Waals surface area (Å²) in [5.41, 5.74) is 3.42. The van der Waals surface area contributed by atoms with E-state index in [0.29, 0.717) is 16.5 Å². The molecule has 2 aromatic carbocycles. The fourth-order valence-corrected chi connectivity index (χ4v) is 3.33. The molecule has 7 heteroatoms. The van der Waals surface area contributed by atoms with E-state index in [2.05, 4.69) is 15.3 Å². The lowest BCUT2D eigenvalue weighted by atomic mass is 10.2. The van der Waals surface area contributed by atoms with Gasteiger partial charge in [-0.25, -0.2) is 18.7 Å². The molecule has 4 aromatic rings. The van der Waals surface area contributed by atoms with Gasteiger partial charge in [-0.05, 0) is 49.7 Å². The smallest absolute Gasteiger partial charge is 0.150 e. The van der Waals surface area contributed by atoms with Crippen LogP contribution in [0.4, 0.5) is 20.3 Å². The Kier molecular flexibility index (Phi) is 4.28. The van der Waals surface area contributed by atoms with Gasteiger partial charge in [0.25, 0.3) is 0 Å². The van der Waals surface area contributed by atoms with Crippen LogP contribution in [0.25, 0.3) is 16.7 Å². The van der Waals surface area contributed by atoms with Crippen LogP contribution in [-0.2, 0) is 0 Å². The minimum Gasteiger partial charge on any atom is -0.337 e. The summed E-state index contributed by atoms with van der Waals surface area (Å²) in [6, 6.07) is 10.7. The number of anilines is 2. The number of nitrogens with one attached hydrogen (secondary N) is 1. The van der Waals surface area contributed by atoms with Crippen LogP contribution >= 0.6 is 11.6 Å². The number of hydrogen-bond acceptors (Lipinski definition) is 3. The van der Waals surface area contributed by atoms with Gasteiger partial charge in [0.05, 0.1) is 11.1 Å². The average Bonchev–Trinajstić information content (AvgIpc) is 2.90. The molecule has 0 fully saturated rings. The maximum atomic E-state index is 14.1. The summed E-state index contributed by atoms with van der Waals surface area (Å²) in [6.07, 6.45) is 1.39. The summed E-state index contributed by atoms with van der Waals surface area (Å²) < 4.78 is 29.5. The largest absolute Gasteiger partial charge is 0.337 e. The van der Waals surface area contributed by atoms with E-state index in [1.807, 2.05) is 36.6 Å². The highest BCUT2D eigenvalue weighted by Gasteiger charge is 2.18. The second-order valence-electron chi connectivity index (χ2n) is 6.20. The van der Waals surface area contributed by atoms with E-state index in [4.69, 9.17) is 11.6 Å². The lowest BCUT2D eigenvalue weighted by Gasteiger charge is -2.10. The average molecular weight is 385 g/mol. The number of nitrogens with zero attached hydrogens (tertiary/aromatic N) is 3. The van der Waals surface area contributed by atoms with Crippen molar-refractivity contribution in [3.05, 3.63) is 76.7 Å². The third-order valence-corrected chi connectivity index (χ3v) is 4.78. The third kappa shape index (κ3) is 3.02. The van der Waals surface area contributed by atoms with Gasteiger partial charge in [-0.1, -0.05) is 17.7 Å². The van der Waals surface area contributed by atoms with Gasteiger partial charge in [0, 0.05) is 22.5 Å². The Morgan fingerprint density at radius 3 is 2.63 bits per heavy atom. The van der Waals surface area contributed by atoms with Gasteiger partial charge in [0.2, 0.25) is 0 Å². The molecule has 0 radical (unpaired) electrons. The Bertz CT molecular complexity index is 1170. The molecule has 0 spiro atoms. The fourth-order valence-electron chi connectivity index (χ4n) is 3.15. The van der Waals surface area contributed by atoms with Crippen LogP contribution in [0.5, 0.6) is 0 Å². The Morgan fingerprint density at radius 1 is 1.04 bits per heavy atom. The SMILES string of the molecule is Cc1c(C)n(-c2cccc(Cl)c2)c2ncnc(Nc3cc(F)ccc3F)c12. The molecule has 2 aromatic heterocycles. The van der Waals surface area contributed by atoms with Gasteiger partial charge >= 0.3 is 0 Å². The highest BCUT2D eigenvalue weighted by atomic mass is 35.5. The van der Waals surface area contributed by atoms with Crippen molar-refractivity contribution < 1.29 is 8.78 Å². The first-order valence-electron chi connectivity index (χ1n) is 8.26. The molecule has 0 saturated carbocycles. The maximum Gasteiger partial charge on any atom is 0.150 e. The highest BCUT2D eigenvalue weighted by molar-refractivity contribution is 6.30. The molecular formula is C20H15ClF2N4. The van der Waals surface area contributed by atoms with E-state index in [9.17, 15) is 8.78 Å². The van der Waals surface area contributed by atoms with E-state index in [-0.39, 0.29) is 5.69 Å². The zero-order valence-corrected chi connectivity index (χ0v) is 15.4. The molecule has 0 aliphatic heterocycles. The van der Waals surface area contributed by atoms with Crippen LogP contribution in [0.3, 0.4) is 0 Å². The minimum absolute atomic E-state index is 0.0163. The predicted octanol–water partition coefficient (Wildman–Crippen LogP) is 5.71. The zero-order valence-electron chi connectivity index (χ0n) is 14.6. The molecule has 0 saturated heterocycles. The summed E-state index contributed by atoms with van der Waals surface area (Å²) in [7, 11) is 0. The topological polar surface area (TPSA) is 42.7 Å².